The average molecular weight is 531 g/mol. The minimum atomic E-state index is -0.401. The Morgan fingerprint density at radius 3 is 1.95 bits per heavy atom. The van der Waals surface area contributed by atoms with E-state index in [0.717, 1.165) is 25.7 Å². The number of carbonyl (C=O) groups is 3. The maximum atomic E-state index is 12.7. The minimum absolute atomic E-state index is 0. The zero-order valence-corrected chi connectivity index (χ0v) is 18.3. The van der Waals surface area contributed by atoms with Crippen molar-refractivity contribution in [2.45, 2.75) is 84.1 Å². The molecule has 1 aliphatic heterocycles. The van der Waals surface area contributed by atoms with Crippen LogP contribution >= 0.6 is 0 Å². The molecule has 4 saturated carbocycles. The van der Waals surface area contributed by atoms with Crippen molar-refractivity contribution in [1.82, 2.24) is 0 Å². The van der Waals surface area contributed by atoms with Gasteiger partial charge in [-0.1, -0.05) is 58.4 Å². The van der Waals surface area contributed by atoms with Gasteiger partial charge in [-0.2, -0.15) is 0 Å². The number of aliphatic hydroxyl groups excluding tert-OH is 2. The highest BCUT2D eigenvalue weighted by Gasteiger charge is 2.65. The fourth-order valence-electron chi connectivity index (χ4n) is 8.88. The maximum absolute atomic E-state index is 12.7. The van der Waals surface area contributed by atoms with Gasteiger partial charge < -0.3 is 19.7 Å². The predicted octanol–water partition coefficient (Wildman–Crippen LogP) is 5.46. The number of fused-ring (bicyclic) bond motifs is 4. The first kappa shape index (κ1) is 37.7. The molecule has 4 bridgehead atoms. The second kappa shape index (κ2) is 14.1. The molecule has 12 unspecified atom stereocenters. The van der Waals surface area contributed by atoms with E-state index in [1.807, 2.05) is 6.92 Å². The number of esters is 3. The van der Waals surface area contributed by atoms with Crippen LogP contribution in [0.1, 0.15) is 84.1 Å². The quantitative estimate of drug-likeness (QED) is 0.346. The highest BCUT2D eigenvalue weighted by atomic mass is 16.6. The summed E-state index contributed by atoms with van der Waals surface area (Å²) in [7, 11) is 0. The number of cyclic esters (lactones) is 2. The lowest BCUT2D eigenvalue weighted by Gasteiger charge is -2.46. The Bertz CT molecular complexity index is 765. The van der Waals surface area contributed by atoms with Gasteiger partial charge in [-0.25, -0.2) is 0 Å². The Morgan fingerprint density at radius 2 is 1.43 bits per heavy atom. The highest BCUT2D eigenvalue weighted by Crippen LogP contribution is 2.68. The molecule has 1 saturated heterocycles. The monoisotopic (exact) mass is 530 g/mol. The molecule has 0 aromatic carbocycles. The molecule has 37 heavy (non-hydrogen) atoms. The van der Waals surface area contributed by atoms with E-state index < -0.39 is 11.9 Å². The van der Waals surface area contributed by atoms with Crippen molar-refractivity contribution in [2.75, 3.05) is 19.8 Å². The summed E-state index contributed by atoms with van der Waals surface area (Å²) < 4.78 is 10.3. The summed E-state index contributed by atoms with van der Waals surface area (Å²) in [4.78, 5) is 37.4. The van der Waals surface area contributed by atoms with Crippen molar-refractivity contribution in [1.29, 1.82) is 0 Å². The molecule has 0 spiro atoms. The summed E-state index contributed by atoms with van der Waals surface area (Å²) in [5, 5.41) is 19.0. The first-order chi connectivity index (χ1) is 14.9. The molecular weight excluding hydrogens is 472 g/mol. The molecule has 7 heteroatoms. The van der Waals surface area contributed by atoms with Crippen molar-refractivity contribution in [3.05, 3.63) is 0 Å². The standard InChI is InChI=1S/C24H34O7.6CH4/c1-10-15-6-13(8-17(15)23(28)30-4-3-25)18(10)21-16-7-12(5-14(16)9-26)20(21)19-11(2)22(27)31-24(19)29;;;;;;/h10-21,25-26H,3-9H2,1-2H3;6*1H4. The largest absolute Gasteiger partial charge is 0.463 e. The second-order valence-corrected chi connectivity index (χ2v) is 10.9. The lowest BCUT2D eigenvalue weighted by atomic mass is 9.57. The molecule has 0 amide bonds. The van der Waals surface area contributed by atoms with Gasteiger partial charge in [0.25, 0.3) is 0 Å². The zero-order valence-electron chi connectivity index (χ0n) is 18.3. The van der Waals surface area contributed by atoms with E-state index >= 15 is 0 Å². The van der Waals surface area contributed by atoms with E-state index in [1.54, 1.807) is 0 Å². The van der Waals surface area contributed by atoms with Crippen LogP contribution in [0.2, 0.25) is 0 Å². The van der Waals surface area contributed by atoms with Gasteiger partial charge in [-0.15, -0.1) is 0 Å². The Hall–Kier alpha value is -1.47. The summed E-state index contributed by atoms with van der Waals surface area (Å²) in [5.41, 5.74) is 0. The summed E-state index contributed by atoms with van der Waals surface area (Å²) in [5.74, 6) is 1.00. The van der Waals surface area contributed by atoms with Gasteiger partial charge in [0.05, 0.1) is 24.4 Å². The third-order valence-corrected chi connectivity index (χ3v) is 9.86. The second-order valence-electron chi connectivity index (χ2n) is 10.9. The van der Waals surface area contributed by atoms with E-state index in [2.05, 4.69) is 6.92 Å². The van der Waals surface area contributed by atoms with Gasteiger partial charge in [0, 0.05) is 6.61 Å². The Morgan fingerprint density at radius 1 is 0.838 bits per heavy atom. The van der Waals surface area contributed by atoms with Gasteiger partial charge in [0.15, 0.2) is 0 Å². The van der Waals surface area contributed by atoms with E-state index in [-0.39, 0.29) is 106 Å². The van der Waals surface area contributed by atoms with Crippen LogP contribution < -0.4 is 0 Å². The molecule has 5 aliphatic rings. The van der Waals surface area contributed by atoms with Gasteiger partial charge in [-0.3, -0.25) is 14.4 Å². The lowest BCUT2D eigenvalue weighted by Crippen LogP contribution is -2.45. The number of rotatable bonds is 6. The third-order valence-electron chi connectivity index (χ3n) is 9.86. The number of ether oxygens (including phenoxy) is 2. The van der Waals surface area contributed by atoms with Crippen LogP contribution in [0.25, 0.3) is 0 Å². The normalized spacial score (nSPS) is 42.2. The SMILES string of the molecule is C.C.C.C.C.C.CC1C(=O)OC(=O)C1C1C2CC(CO)C(C2)C1C1C2CC(C(=O)OCCO)C(C2)C1C. The summed E-state index contributed by atoms with van der Waals surface area (Å²) in [6.45, 7) is 4.13. The van der Waals surface area contributed by atoms with Crippen molar-refractivity contribution < 1.29 is 34.1 Å². The molecule has 12 atom stereocenters. The van der Waals surface area contributed by atoms with E-state index in [9.17, 15) is 19.5 Å². The Labute approximate surface area is 227 Å². The summed E-state index contributed by atoms with van der Waals surface area (Å²) >= 11 is 0. The van der Waals surface area contributed by atoms with Crippen molar-refractivity contribution in [2.24, 2.45) is 71.0 Å². The van der Waals surface area contributed by atoms with Crippen LogP contribution in [0, 0.1) is 71.0 Å². The molecule has 0 aromatic heterocycles. The van der Waals surface area contributed by atoms with Crippen LogP contribution in [0.4, 0.5) is 0 Å². The maximum Gasteiger partial charge on any atom is 0.317 e. The van der Waals surface area contributed by atoms with E-state index in [0.29, 0.717) is 35.5 Å². The van der Waals surface area contributed by atoms with Crippen molar-refractivity contribution >= 4 is 17.9 Å². The smallest absolute Gasteiger partial charge is 0.317 e. The first-order valence-corrected chi connectivity index (χ1v) is 12.0. The molecule has 7 nitrogen and oxygen atoms in total. The van der Waals surface area contributed by atoms with Gasteiger partial charge in [0.2, 0.25) is 0 Å². The highest BCUT2D eigenvalue weighted by molar-refractivity contribution is 5.96. The molecular formula is C30H58O7. The number of hydrogen-bond acceptors (Lipinski definition) is 7. The summed E-state index contributed by atoms with van der Waals surface area (Å²) in [6, 6.07) is 0. The van der Waals surface area contributed by atoms with E-state index in [1.165, 1.54) is 0 Å². The number of hydrogen-bond donors (Lipinski definition) is 2. The van der Waals surface area contributed by atoms with Gasteiger partial charge in [0.1, 0.15) is 6.61 Å². The third kappa shape index (κ3) is 5.63. The average Bonchev–Trinajstić information content (AvgIpc) is 3.53. The van der Waals surface area contributed by atoms with Crippen LogP contribution in [-0.2, 0) is 23.9 Å². The fraction of sp³-hybridized carbons (Fsp3) is 0.900. The topological polar surface area (TPSA) is 110 Å². The predicted molar refractivity (Wildman–Crippen MR) is 148 cm³/mol. The molecule has 5 fully saturated rings. The molecule has 2 N–H and O–H groups in total. The minimum Gasteiger partial charge on any atom is -0.463 e. The Kier molecular flexibility index (Phi) is 14.3. The summed E-state index contributed by atoms with van der Waals surface area (Å²) in [6.07, 6.45) is 3.75. The molecule has 0 aromatic rings. The van der Waals surface area contributed by atoms with Crippen LogP contribution in [0.3, 0.4) is 0 Å². The molecule has 5 rings (SSSR count). The van der Waals surface area contributed by atoms with Crippen LogP contribution in [-0.4, -0.2) is 47.9 Å². The number of carbonyl (C=O) groups excluding carboxylic acids is 3. The lowest BCUT2D eigenvalue weighted by molar-refractivity contribution is -0.154. The van der Waals surface area contributed by atoms with Crippen LogP contribution in [0.5, 0.6) is 0 Å². The van der Waals surface area contributed by atoms with Crippen molar-refractivity contribution in [3.63, 3.8) is 0 Å². The first-order valence-electron chi connectivity index (χ1n) is 12.0. The number of aliphatic hydroxyl groups is 2. The molecule has 220 valence electrons. The molecule has 1 heterocycles. The van der Waals surface area contributed by atoms with Gasteiger partial charge >= 0.3 is 17.9 Å². The molecule has 4 aliphatic carbocycles. The van der Waals surface area contributed by atoms with Crippen LogP contribution in [0.15, 0.2) is 0 Å². The Balaban J connectivity index is 0. The van der Waals surface area contributed by atoms with Gasteiger partial charge in [-0.05, 0) is 78.9 Å². The van der Waals surface area contributed by atoms with E-state index in [4.69, 9.17) is 14.6 Å². The zero-order chi connectivity index (χ0) is 22.0. The fourth-order valence-corrected chi connectivity index (χ4v) is 8.88. The molecule has 0 radical (unpaired) electrons. The van der Waals surface area contributed by atoms with Crippen molar-refractivity contribution in [3.8, 4) is 0 Å².